The molecule has 140 valence electrons. The van der Waals surface area contributed by atoms with Crippen LogP contribution in [0.4, 0.5) is 0 Å². The van der Waals surface area contributed by atoms with Crippen LogP contribution in [0.5, 0.6) is 0 Å². The summed E-state index contributed by atoms with van der Waals surface area (Å²) in [5.41, 5.74) is 0. The number of amides is 1. The smallest absolute Gasteiger partial charge is 0.320 e. The van der Waals surface area contributed by atoms with Crippen molar-refractivity contribution < 1.29 is 14.7 Å². The second-order valence-corrected chi connectivity index (χ2v) is 9.07. The van der Waals surface area contributed by atoms with Gasteiger partial charge in [-0.25, -0.2) is 0 Å². The molecule has 4 aliphatic rings. The Bertz CT molecular complexity index is 537. The first kappa shape index (κ1) is 17.3. The molecule has 25 heavy (non-hydrogen) atoms. The largest absolute Gasteiger partial charge is 0.480 e. The number of carbonyl (C=O) groups excluding carboxylic acids is 1. The molecule has 1 heterocycles. The number of hydrogen-bond acceptors (Lipinski definition) is 3. The van der Waals surface area contributed by atoms with E-state index < -0.39 is 12.0 Å². The molecule has 3 aliphatic carbocycles. The molecule has 5 nitrogen and oxygen atoms in total. The summed E-state index contributed by atoms with van der Waals surface area (Å²) in [5, 5.41) is 12.8. The number of likely N-dealkylation sites (tertiary alicyclic amines) is 1. The zero-order valence-corrected chi connectivity index (χ0v) is 15.3. The van der Waals surface area contributed by atoms with Crippen molar-refractivity contribution in [2.75, 3.05) is 6.54 Å². The van der Waals surface area contributed by atoms with E-state index in [0.717, 1.165) is 37.5 Å². The van der Waals surface area contributed by atoms with Gasteiger partial charge in [-0.1, -0.05) is 19.3 Å². The molecule has 5 heteroatoms. The summed E-state index contributed by atoms with van der Waals surface area (Å²) in [5.74, 6) is 2.02. The lowest BCUT2D eigenvalue weighted by Crippen LogP contribution is -2.50. The molecule has 0 radical (unpaired) electrons. The fraction of sp³-hybridized carbons (Fsp3) is 0.900. The minimum Gasteiger partial charge on any atom is -0.480 e. The molecule has 2 N–H and O–H groups in total. The highest BCUT2D eigenvalue weighted by atomic mass is 16.4. The van der Waals surface area contributed by atoms with Crippen LogP contribution in [-0.2, 0) is 9.59 Å². The van der Waals surface area contributed by atoms with Gasteiger partial charge in [-0.3, -0.25) is 14.5 Å². The maximum atomic E-state index is 12.7. The fourth-order valence-electron chi connectivity index (χ4n) is 6.50. The maximum absolute atomic E-state index is 12.7. The van der Waals surface area contributed by atoms with E-state index in [-0.39, 0.29) is 18.5 Å². The van der Waals surface area contributed by atoms with Gasteiger partial charge in [0.25, 0.3) is 0 Å². The van der Waals surface area contributed by atoms with Crippen LogP contribution in [0.15, 0.2) is 0 Å². The van der Waals surface area contributed by atoms with Gasteiger partial charge >= 0.3 is 5.97 Å². The zero-order chi connectivity index (χ0) is 17.6. The van der Waals surface area contributed by atoms with Crippen molar-refractivity contribution in [3.63, 3.8) is 0 Å². The van der Waals surface area contributed by atoms with Crippen molar-refractivity contribution in [3.05, 3.63) is 0 Å². The normalized spacial score (nSPS) is 41.5. The Balaban J connectivity index is 1.36. The van der Waals surface area contributed by atoms with Crippen molar-refractivity contribution >= 4 is 11.9 Å². The molecule has 1 amide bonds. The van der Waals surface area contributed by atoms with Crippen molar-refractivity contribution in [1.82, 2.24) is 10.2 Å². The van der Waals surface area contributed by atoms with E-state index in [1.807, 2.05) is 4.90 Å². The number of carboxylic acid groups (broad SMARTS) is 1. The Kier molecular flexibility index (Phi) is 4.78. The molecule has 7 unspecified atom stereocenters. The Morgan fingerprint density at radius 2 is 1.88 bits per heavy atom. The van der Waals surface area contributed by atoms with Crippen LogP contribution in [0.1, 0.15) is 64.7 Å². The van der Waals surface area contributed by atoms with E-state index in [2.05, 4.69) is 12.2 Å². The lowest BCUT2D eigenvalue weighted by molar-refractivity contribution is -0.143. The van der Waals surface area contributed by atoms with Crippen LogP contribution in [-0.4, -0.2) is 46.6 Å². The van der Waals surface area contributed by atoms with Gasteiger partial charge in [0, 0.05) is 12.1 Å². The maximum Gasteiger partial charge on any atom is 0.320 e. The summed E-state index contributed by atoms with van der Waals surface area (Å²) in [6.07, 6.45) is 10.6. The lowest BCUT2D eigenvalue weighted by Gasteiger charge is -2.33. The van der Waals surface area contributed by atoms with Crippen LogP contribution in [0.2, 0.25) is 0 Å². The average Bonchev–Trinajstić information content (AvgIpc) is 3.29. The van der Waals surface area contributed by atoms with E-state index in [0.29, 0.717) is 17.9 Å². The van der Waals surface area contributed by atoms with Crippen molar-refractivity contribution in [2.24, 2.45) is 23.7 Å². The fourth-order valence-corrected chi connectivity index (χ4v) is 6.50. The monoisotopic (exact) mass is 348 g/mol. The van der Waals surface area contributed by atoms with Crippen molar-refractivity contribution in [1.29, 1.82) is 0 Å². The number of hydrogen-bond donors (Lipinski definition) is 2. The number of fused-ring (bicyclic) bond motifs is 3. The van der Waals surface area contributed by atoms with Crippen molar-refractivity contribution in [3.8, 4) is 0 Å². The van der Waals surface area contributed by atoms with Crippen LogP contribution >= 0.6 is 0 Å². The summed E-state index contributed by atoms with van der Waals surface area (Å²) in [7, 11) is 0. The van der Waals surface area contributed by atoms with Crippen LogP contribution in [0.3, 0.4) is 0 Å². The SMILES string of the molecule is CC(NC(=O)CN1C(C(=O)O)CC2CCCCC21)C1CC2CCC1C2. The number of aliphatic carboxylic acids is 1. The van der Waals surface area contributed by atoms with Gasteiger partial charge in [-0.2, -0.15) is 0 Å². The van der Waals surface area contributed by atoms with Gasteiger partial charge < -0.3 is 10.4 Å². The van der Waals surface area contributed by atoms with Gasteiger partial charge in [0.15, 0.2) is 0 Å². The number of nitrogens with zero attached hydrogens (tertiary/aromatic N) is 1. The molecule has 4 fully saturated rings. The Morgan fingerprint density at radius 3 is 2.56 bits per heavy atom. The van der Waals surface area contributed by atoms with E-state index >= 15 is 0 Å². The average molecular weight is 348 g/mol. The third-order valence-electron chi connectivity index (χ3n) is 7.66. The van der Waals surface area contributed by atoms with Gasteiger partial charge in [-0.15, -0.1) is 0 Å². The van der Waals surface area contributed by atoms with Gasteiger partial charge in [-0.05, 0) is 69.1 Å². The molecule has 0 spiro atoms. The highest BCUT2D eigenvalue weighted by molar-refractivity contribution is 5.80. The standard InChI is InChI=1S/C20H32N2O3/c1-12(16-9-13-6-7-14(16)8-13)21-19(23)11-22-17-5-3-2-4-15(17)10-18(22)20(24)25/h12-18H,2-11H2,1H3,(H,21,23)(H,24,25). The first-order valence-electron chi connectivity index (χ1n) is 10.3. The van der Waals surface area contributed by atoms with Crippen LogP contribution in [0, 0.1) is 23.7 Å². The number of nitrogens with one attached hydrogen (secondary N) is 1. The van der Waals surface area contributed by atoms with Gasteiger partial charge in [0.2, 0.25) is 5.91 Å². The molecule has 3 saturated carbocycles. The number of rotatable bonds is 5. The molecule has 1 saturated heterocycles. The molecule has 1 aliphatic heterocycles. The van der Waals surface area contributed by atoms with E-state index in [1.54, 1.807) is 0 Å². The minimum atomic E-state index is -0.761. The third kappa shape index (κ3) is 3.32. The van der Waals surface area contributed by atoms with E-state index in [9.17, 15) is 14.7 Å². The highest BCUT2D eigenvalue weighted by Crippen LogP contribution is 2.49. The second kappa shape index (κ2) is 6.90. The zero-order valence-electron chi connectivity index (χ0n) is 15.3. The topological polar surface area (TPSA) is 69.6 Å². The van der Waals surface area contributed by atoms with Crippen LogP contribution in [0.25, 0.3) is 0 Å². The number of carboxylic acids is 1. The molecule has 0 aromatic heterocycles. The summed E-state index contributed by atoms with van der Waals surface area (Å²) < 4.78 is 0. The predicted molar refractivity (Wildman–Crippen MR) is 95.0 cm³/mol. The Morgan fingerprint density at radius 1 is 1.08 bits per heavy atom. The van der Waals surface area contributed by atoms with Crippen molar-refractivity contribution in [2.45, 2.75) is 82.8 Å². The molecular weight excluding hydrogens is 316 g/mol. The summed E-state index contributed by atoms with van der Waals surface area (Å²) >= 11 is 0. The molecule has 2 bridgehead atoms. The number of carbonyl (C=O) groups is 2. The highest BCUT2D eigenvalue weighted by Gasteiger charge is 2.46. The Labute approximate surface area is 150 Å². The Hall–Kier alpha value is -1.10. The molecular formula is C20H32N2O3. The molecule has 0 aromatic rings. The third-order valence-corrected chi connectivity index (χ3v) is 7.66. The van der Waals surface area contributed by atoms with Gasteiger partial charge in [0.05, 0.1) is 6.54 Å². The lowest BCUT2D eigenvalue weighted by atomic mass is 9.84. The first-order valence-corrected chi connectivity index (χ1v) is 10.3. The van der Waals surface area contributed by atoms with Gasteiger partial charge in [0.1, 0.15) is 6.04 Å². The summed E-state index contributed by atoms with van der Waals surface area (Å²) in [6, 6.07) is 0.0332. The molecule has 0 aromatic carbocycles. The van der Waals surface area contributed by atoms with E-state index in [4.69, 9.17) is 0 Å². The summed E-state index contributed by atoms with van der Waals surface area (Å²) in [4.78, 5) is 26.3. The molecule has 4 rings (SSSR count). The predicted octanol–water partition coefficient (Wildman–Crippen LogP) is 2.65. The van der Waals surface area contributed by atoms with Crippen LogP contribution < -0.4 is 5.32 Å². The molecule has 7 atom stereocenters. The quantitative estimate of drug-likeness (QED) is 0.801. The minimum absolute atomic E-state index is 0.0211. The second-order valence-electron chi connectivity index (χ2n) is 9.07. The first-order chi connectivity index (χ1) is 12.0. The van der Waals surface area contributed by atoms with E-state index in [1.165, 1.54) is 32.1 Å². The summed E-state index contributed by atoms with van der Waals surface area (Å²) in [6.45, 7) is 2.40.